The third-order valence-electron chi connectivity index (χ3n) is 3.82. The van der Waals surface area contributed by atoms with Crippen molar-refractivity contribution in [1.29, 1.82) is 0 Å². The first-order valence-electron chi connectivity index (χ1n) is 7.63. The van der Waals surface area contributed by atoms with Crippen LogP contribution in [0.5, 0.6) is 0 Å². The van der Waals surface area contributed by atoms with E-state index in [1.807, 2.05) is 0 Å². The van der Waals surface area contributed by atoms with Gasteiger partial charge in [0.25, 0.3) is 0 Å². The van der Waals surface area contributed by atoms with Crippen LogP contribution in [0.3, 0.4) is 0 Å². The third-order valence-corrected chi connectivity index (χ3v) is 3.82. The molecule has 2 aliphatic rings. The standard InChI is InChI=1S/C15H20N2O8/c16-14(23)8-2-1-5-17(6-8)15-13(22)12(21)9(25-15)7-24-11(20)4-3-10(18)19/h1,5-6,9,12-13,15,21-22H,2-4,7H2,(H2,16,23)(H,18,19)/t9-,12-,13-,15-/m1/s1. The molecule has 1 fully saturated rings. The molecule has 5 N–H and O–H groups in total. The fourth-order valence-corrected chi connectivity index (χ4v) is 2.47. The van der Waals surface area contributed by atoms with E-state index < -0.39 is 42.4 Å². The number of aliphatic hydroxyl groups excluding tert-OH is 2. The number of hydrogen-bond acceptors (Lipinski definition) is 8. The van der Waals surface area contributed by atoms with Crippen molar-refractivity contribution in [3.05, 3.63) is 24.0 Å². The predicted molar refractivity (Wildman–Crippen MR) is 81.4 cm³/mol. The molecule has 0 aromatic heterocycles. The second-order valence-corrected chi connectivity index (χ2v) is 5.68. The second-order valence-electron chi connectivity index (χ2n) is 5.68. The summed E-state index contributed by atoms with van der Waals surface area (Å²) in [5.41, 5.74) is 5.54. The van der Waals surface area contributed by atoms with Gasteiger partial charge in [0.2, 0.25) is 5.91 Å². The van der Waals surface area contributed by atoms with Crippen molar-refractivity contribution in [2.45, 2.75) is 43.8 Å². The zero-order valence-corrected chi connectivity index (χ0v) is 13.3. The van der Waals surface area contributed by atoms with Gasteiger partial charge >= 0.3 is 11.9 Å². The molecule has 0 saturated carbocycles. The average Bonchev–Trinajstić information content (AvgIpc) is 2.86. The number of carboxylic acids is 1. The quantitative estimate of drug-likeness (QED) is 0.395. The second kappa shape index (κ2) is 8.10. The number of primary amides is 1. The van der Waals surface area contributed by atoms with Gasteiger partial charge in [-0.25, -0.2) is 0 Å². The Morgan fingerprint density at radius 1 is 1.28 bits per heavy atom. The van der Waals surface area contributed by atoms with Crippen molar-refractivity contribution < 1.29 is 39.2 Å². The van der Waals surface area contributed by atoms with Crippen LogP contribution >= 0.6 is 0 Å². The molecule has 0 spiro atoms. The van der Waals surface area contributed by atoms with Crippen LogP contribution in [-0.2, 0) is 23.9 Å². The number of allylic oxidation sites excluding steroid dienone is 1. The highest BCUT2D eigenvalue weighted by atomic mass is 16.6. The first kappa shape index (κ1) is 18.9. The Morgan fingerprint density at radius 2 is 2.00 bits per heavy atom. The third kappa shape index (κ3) is 4.78. The summed E-state index contributed by atoms with van der Waals surface area (Å²) >= 11 is 0. The number of ether oxygens (including phenoxy) is 2. The molecule has 0 aliphatic carbocycles. The molecule has 0 bridgehead atoms. The van der Waals surface area contributed by atoms with Gasteiger partial charge in [0, 0.05) is 18.0 Å². The Kier molecular flexibility index (Phi) is 6.12. The molecule has 2 rings (SSSR count). The Morgan fingerprint density at radius 3 is 2.64 bits per heavy atom. The van der Waals surface area contributed by atoms with Gasteiger partial charge in [0.1, 0.15) is 24.9 Å². The fraction of sp³-hybridized carbons (Fsp3) is 0.533. The maximum Gasteiger partial charge on any atom is 0.306 e. The summed E-state index contributed by atoms with van der Waals surface area (Å²) in [6.07, 6.45) is -0.268. The number of nitrogens with zero attached hydrogens (tertiary/aromatic N) is 1. The van der Waals surface area contributed by atoms with Crippen molar-refractivity contribution >= 4 is 17.8 Å². The minimum Gasteiger partial charge on any atom is -0.481 e. The molecule has 0 radical (unpaired) electrons. The first-order chi connectivity index (χ1) is 11.8. The number of carbonyl (C=O) groups is 3. The van der Waals surface area contributed by atoms with Gasteiger partial charge in [-0.05, 0) is 6.42 Å². The summed E-state index contributed by atoms with van der Waals surface area (Å²) in [5.74, 6) is -2.48. The largest absolute Gasteiger partial charge is 0.481 e. The van der Waals surface area contributed by atoms with Crippen molar-refractivity contribution in [3.8, 4) is 0 Å². The number of nitrogens with two attached hydrogens (primary N) is 1. The van der Waals surface area contributed by atoms with Crippen LogP contribution in [-0.4, -0.2) is 69.2 Å². The van der Waals surface area contributed by atoms with E-state index in [4.69, 9.17) is 20.3 Å². The molecule has 138 valence electrons. The van der Waals surface area contributed by atoms with Gasteiger partial charge in [-0.3, -0.25) is 14.4 Å². The van der Waals surface area contributed by atoms with Gasteiger partial charge in [-0.15, -0.1) is 0 Å². The number of amides is 1. The molecule has 25 heavy (non-hydrogen) atoms. The zero-order chi connectivity index (χ0) is 18.6. The minimum atomic E-state index is -1.32. The number of rotatable bonds is 7. The smallest absolute Gasteiger partial charge is 0.306 e. The molecule has 0 aromatic carbocycles. The lowest BCUT2D eigenvalue weighted by Gasteiger charge is -2.28. The lowest BCUT2D eigenvalue weighted by Crippen LogP contribution is -2.40. The van der Waals surface area contributed by atoms with Crippen molar-refractivity contribution in [2.24, 2.45) is 5.73 Å². The Hall–Kier alpha value is -2.43. The van der Waals surface area contributed by atoms with Crippen molar-refractivity contribution in [1.82, 2.24) is 4.90 Å². The van der Waals surface area contributed by atoms with E-state index in [2.05, 4.69) is 0 Å². The van der Waals surface area contributed by atoms with Gasteiger partial charge in [0.05, 0.1) is 12.8 Å². The molecule has 0 unspecified atom stereocenters. The molecule has 1 amide bonds. The van der Waals surface area contributed by atoms with Crippen LogP contribution in [0.1, 0.15) is 19.3 Å². The van der Waals surface area contributed by atoms with Crippen molar-refractivity contribution in [3.63, 3.8) is 0 Å². The number of carboxylic acid groups (broad SMARTS) is 1. The van der Waals surface area contributed by atoms with E-state index in [1.165, 1.54) is 11.1 Å². The van der Waals surface area contributed by atoms with E-state index in [0.717, 1.165) is 0 Å². The summed E-state index contributed by atoms with van der Waals surface area (Å²) in [6, 6.07) is 0. The molecular weight excluding hydrogens is 336 g/mol. The monoisotopic (exact) mass is 356 g/mol. The number of aliphatic carboxylic acids is 1. The zero-order valence-electron chi connectivity index (χ0n) is 13.3. The predicted octanol–water partition coefficient (Wildman–Crippen LogP) is -1.57. The highest BCUT2D eigenvalue weighted by Gasteiger charge is 2.45. The van der Waals surface area contributed by atoms with Crippen LogP contribution in [0.2, 0.25) is 0 Å². The normalized spacial score (nSPS) is 28.6. The summed E-state index contributed by atoms with van der Waals surface area (Å²) in [6.45, 7) is -0.336. The van der Waals surface area contributed by atoms with Gasteiger partial charge in [-0.2, -0.15) is 0 Å². The molecule has 10 nitrogen and oxygen atoms in total. The molecule has 10 heteroatoms. The van der Waals surface area contributed by atoms with Gasteiger partial charge in [-0.1, -0.05) is 6.08 Å². The summed E-state index contributed by atoms with van der Waals surface area (Å²) in [5, 5.41) is 28.7. The topological polar surface area (TPSA) is 160 Å². The highest BCUT2D eigenvalue weighted by molar-refractivity contribution is 5.92. The molecule has 1 saturated heterocycles. The Bertz CT molecular complexity index is 602. The maximum atomic E-state index is 11.4. The van der Waals surface area contributed by atoms with Crippen LogP contribution < -0.4 is 5.73 Å². The van der Waals surface area contributed by atoms with E-state index in [9.17, 15) is 24.6 Å². The van der Waals surface area contributed by atoms with Gasteiger partial charge < -0.3 is 35.4 Å². The van der Waals surface area contributed by atoms with E-state index in [0.29, 0.717) is 12.0 Å². The van der Waals surface area contributed by atoms with Crippen LogP contribution in [0, 0.1) is 0 Å². The summed E-state index contributed by atoms with van der Waals surface area (Å²) < 4.78 is 10.4. The average molecular weight is 356 g/mol. The molecule has 2 aliphatic heterocycles. The summed E-state index contributed by atoms with van der Waals surface area (Å²) in [7, 11) is 0. The van der Waals surface area contributed by atoms with Crippen LogP contribution in [0.25, 0.3) is 0 Å². The number of hydrogen-bond donors (Lipinski definition) is 4. The highest BCUT2D eigenvalue weighted by Crippen LogP contribution is 2.27. The lowest BCUT2D eigenvalue weighted by molar-refractivity contribution is -0.153. The number of aliphatic hydroxyl groups is 2. The van der Waals surface area contributed by atoms with Crippen LogP contribution in [0.15, 0.2) is 24.0 Å². The minimum absolute atomic E-state index is 0.302. The van der Waals surface area contributed by atoms with E-state index in [1.54, 1.807) is 12.3 Å². The maximum absolute atomic E-state index is 11.4. The molecule has 2 heterocycles. The van der Waals surface area contributed by atoms with E-state index in [-0.39, 0.29) is 19.4 Å². The lowest BCUT2D eigenvalue weighted by atomic mass is 10.1. The molecule has 4 atom stereocenters. The fourth-order valence-electron chi connectivity index (χ4n) is 2.47. The van der Waals surface area contributed by atoms with E-state index >= 15 is 0 Å². The summed E-state index contributed by atoms with van der Waals surface area (Å²) in [4.78, 5) is 34.5. The Balaban J connectivity index is 1.93. The van der Waals surface area contributed by atoms with Crippen LogP contribution in [0.4, 0.5) is 0 Å². The molecule has 0 aromatic rings. The number of carbonyl (C=O) groups excluding carboxylic acids is 2. The SMILES string of the molecule is NC(=O)C1=CN([C@@H]2O[C@H](COC(=O)CCC(=O)O)[C@@H](O)[C@H]2O)C=CC1. The molecular formula is C15H20N2O8. The first-order valence-corrected chi connectivity index (χ1v) is 7.63. The Labute approximate surface area is 143 Å². The van der Waals surface area contributed by atoms with Crippen molar-refractivity contribution in [2.75, 3.05) is 6.61 Å². The number of esters is 1. The van der Waals surface area contributed by atoms with Gasteiger partial charge in [0.15, 0.2) is 6.23 Å².